The third-order valence-electron chi connectivity index (χ3n) is 7.54. The number of carbonyl (C=O) groups excluding carboxylic acids is 1. The van der Waals surface area contributed by atoms with Crippen LogP contribution in [0.4, 0.5) is 0 Å². The predicted molar refractivity (Wildman–Crippen MR) is 158 cm³/mol. The summed E-state index contributed by atoms with van der Waals surface area (Å²) in [5.74, 6) is -0.164. The van der Waals surface area contributed by atoms with E-state index in [1.165, 1.54) is 154 Å². The molecule has 36 heavy (non-hydrogen) atoms. The molecule has 0 aromatic heterocycles. The van der Waals surface area contributed by atoms with Gasteiger partial charge in [-0.15, -0.1) is 0 Å². The van der Waals surface area contributed by atoms with Gasteiger partial charge in [-0.05, 0) is 26.7 Å². The van der Waals surface area contributed by atoms with Crippen LogP contribution >= 0.6 is 0 Å². The van der Waals surface area contributed by atoms with Gasteiger partial charge in [0, 0.05) is 12.2 Å². The lowest BCUT2D eigenvalue weighted by Crippen LogP contribution is -2.06. The first-order valence-electron chi connectivity index (χ1n) is 16.1. The molecular formula is C33H64O3. The molecule has 1 N–H and O–H groups in total. The fourth-order valence-corrected chi connectivity index (χ4v) is 4.85. The lowest BCUT2D eigenvalue weighted by Gasteiger charge is -2.05. The van der Waals surface area contributed by atoms with E-state index in [0.29, 0.717) is 18.8 Å². The van der Waals surface area contributed by atoms with Gasteiger partial charge < -0.3 is 9.84 Å². The number of ether oxygens (including phenoxy) is 1. The number of rotatable bonds is 29. The number of aliphatic hydroxyl groups is 1. The fourth-order valence-electron chi connectivity index (χ4n) is 4.85. The van der Waals surface area contributed by atoms with Gasteiger partial charge >= 0.3 is 5.97 Å². The average molecular weight is 509 g/mol. The minimum absolute atomic E-state index is 0.164. The average Bonchev–Trinajstić information content (AvgIpc) is 2.89. The molecule has 0 unspecified atom stereocenters. The maximum atomic E-state index is 11.5. The van der Waals surface area contributed by atoms with Crippen LogP contribution in [0.5, 0.6) is 0 Å². The second kappa shape index (κ2) is 30.4. The van der Waals surface area contributed by atoms with Gasteiger partial charge in [0.1, 0.15) is 0 Å². The first kappa shape index (κ1) is 35.2. The topological polar surface area (TPSA) is 46.5 Å². The minimum atomic E-state index is -0.164. The van der Waals surface area contributed by atoms with Crippen molar-refractivity contribution < 1.29 is 14.6 Å². The molecule has 0 radical (unpaired) electrons. The Morgan fingerprint density at radius 1 is 0.500 bits per heavy atom. The van der Waals surface area contributed by atoms with Crippen LogP contribution in [-0.2, 0) is 9.53 Å². The van der Waals surface area contributed by atoms with E-state index in [2.05, 4.69) is 0 Å². The SMILES string of the molecule is CC=C(C)C(=O)OCCCCCCCCCCCCCCCCCCCCCCCCCCCCO. The summed E-state index contributed by atoms with van der Waals surface area (Å²) in [5, 5.41) is 8.77. The van der Waals surface area contributed by atoms with Crippen LogP contribution < -0.4 is 0 Å². The van der Waals surface area contributed by atoms with Gasteiger partial charge in [0.25, 0.3) is 0 Å². The second-order valence-corrected chi connectivity index (χ2v) is 11.0. The molecule has 0 fully saturated rings. The van der Waals surface area contributed by atoms with E-state index in [1.54, 1.807) is 13.0 Å². The van der Waals surface area contributed by atoms with E-state index in [9.17, 15) is 4.79 Å². The zero-order chi connectivity index (χ0) is 26.4. The van der Waals surface area contributed by atoms with Crippen molar-refractivity contribution in [3.05, 3.63) is 11.6 Å². The monoisotopic (exact) mass is 508 g/mol. The molecule has 0 heterocycles. The van der Waals surface area contributed by atoms with Gasteiger partial charge in [-0.2, -0.15) is 0 Å². The summed E-state index contributed by atoms with van der Waals surface area (Å²) in [6, 6.07) is 0. The molecule has 0 atom stereocenters. The maximum absolute atomic E-state index is 11.5. The number of esters is 1. The summed E-state index contributed by atoms with van der Waals surface area (Å²) in [6.45, 7) is 4.61. The van der Waals surface area contributed by atoms with Crippen LogP contribution in [0.15, 0.2) is 11.6 Å². The van der Waals surface area contributed by atoms with Crippen molar-refractivity contribution in [3.8, 4) is 0 Å². The van der Waals surface area contributed by atoms with E-state index in [4.69, 9.17) is 9.84 Å². The van der Waals surface area contributed by atoms with Crippen molar-refractivity contribution in [3.63, 3.8) is 0 Å². The highest BCUT2D eigenvalue weighted by molar-refractivity contribution is 5.87. The molecule has 0 aliphatic carbocycles. The lowest BCUT2D eigenvalue weighted by molar-refractivity contribution is -0.139. The molecule has 0 spiro atoms. The molecule has 0 aromatic rings. The third-order valence-corrected chi connectivity index (χ3v) is 7.54. The summed E-state index contributed by atoms with van der Waals surface area (Å²) in [7, 11) is 0. The largest absolute Gasteiger partial charge is 0.462 e. The third kappa shape index (κ3) is 27.8. The first-order valence-corrected chi connectivity index (χ1v) is 16.1. The summed E-state index contributed by atoms with van der Waals surface area (Å²) in [5.41, 5.74) is 0.704. The quantitative estimate of drug-likeness (QED) is 0.0620. The number of aliphatic hydroxyl groups excluding tert-OH is 1. The summed E-state index contributed by atoms with van der Waals surface area (Å²) >= 11 is 0. The molecule has 0 saturated heterocycles. The van der Waals surface area contributed by atoms with E-state index < -0.39 is 0 Å². The normalized spacial score (nSPS) is 11.8. The second-order valence-electron chi connectivity index (χ2n) is 11.0. The summed E-state index contributed by atoms with van der Waals surface area (Å²) in [6.07, 6.45) is 37.1. The van der Waals surface area contributed by atoms with Crippen molar-refractivity contribution in [2.45, 2.75) is 181 Å². The Labute approximate surface area is 226 Å². The van der Waals surface area contributed by atoms with Crippen LogP contribution in [0.25, 0.3) is 0 Å². The number of hydrogen-bond donors (Lipinski definition) is 1. The number of carbonyl (C=O) groups is 1. The smallest absolute Gasteiger partial charge is 0.333 e. The molecule has 0 rings (SSSR count). The molecule has 0 aromatic carbocycles. The Morgan fingerprint density at radius 3 is 1.00 bits per heavy atom. The van der Waals surface area contributed by atoms with E-state index in [1.807, 2.05) is 6.92 Å². The zero-order valence-corrected chi connectivity index (χ0v) is 24.6. The molecule has 0 bridgehead atoms. The van der Waals surface area contributed by atoms with Gasteiger partial charge in [-0.25, -0.2) is 4.79 Å². The molecule has 0 aliphatic heterocycles. The van der Waals surface area contributed by atoms with Gasteiger partial charge in [-0.1, -0.05) is 160 Å². The Hall–Kier alpha value is -0.830. The Morgan fingerprint density at radius 2 is 0.750 bits per heavy atom. The van der Waals surface area contributed by atoms with Crippen molar-refractivity contribution in [1.29, 1.82) is 0 Å². The molecular weight excluding hydrogens is 444 g/mol. The molecule has 0 saturated carbocycles. The molecule has 0 amide bonds. The van der Waals surface area contributed by atoms with E-state index >= 15 is 0 Å². The van der Waals surface area contributed by atoms with Gasteiger partial charge in [0.2, 0.25) is 0 Å². The summed E-state index contributed by atoms with van der Waals surface area (Å²) in [4.78, 5) is 11.5. The number of hydrogen-bond acceptors (Lipinski definition) is 3. The molecule has 214 valence electrons. The van der Waals surface area contributed by atoms with Crippen LogP contribution in [0.2, 0.25) is 0 Å². The molecule has 3 nitrogen and oxygen atoms in total. The van der Waals surface area contributed by atoms with Gasteiger partial charge in [0.15, 0.2) is 0 Å². The highest BCUT2D eigenvalue weighted by Crippen LogP contribution is 2.16. The zero-order valence-electron chi connectivity index (χ0n) is 24.6. The van der Waals surface area contributed by atoms with Crippen molar-refractivity contribution in [2.75, 3.05) is 13.2 Å². The van der Waals surface area contributed by atoms with Crippen molar-refractivity contribution in [1.82, 2.24) is 0 Å². The van der Waals surface area contributed by atoms with E-state index in [0.717, 1.165) is 12.8 Å². The highest BCUT2D eigenvalue weighted by atomic mass is 16.5. The standard InChI is InChI=1S/C33H64O3/c1-3-32(2)33(35)36-31-29-27-25-23-21-19-17-15-13-11-9-7-5-4-6-8-10-12-14-16-18-20-22-24-26-28-30-34/h3,34H,4-31H2,1-2H3. The van der Waals surface area contributed by atoms with Gasteiger partial charge in [-0.3, -0.25) is 0 Å². The van der Waals surface area contributed by atoms with Crippen LogP contribution in [-0.4, -0.2) is 24.3 Å². The van der Waals surface area contributed by atoms with Crippen LogP contribution in [0, 0.1) is 0 Å². The predicted octanol–water partition coefficient (Wildman–Crippen LogP) is 10.6. The van der Waals surface area contributed by atoms with Crippen molar-refractivity contribution in [2.24, 2.45) is 0 Å². The minimum Gasteiger partial charge on any atom is -0.462 e. The lowest BCUT2D eigenvalue weighted by atomic mass is 10.0. The number of unbranched alkanes of at least 4 members (excludes halogenated alkanes) is 25. The Balaban J connectivity index is 3.08. The van der Waals surface area contributed by atoms with Gasteiger partial charge in [0.05, 0.1) is 6.61 Å². The Kier molecular flexibility index (Phi) is 29.7. The number of allylic oxidation sites excluding steroid dienone is 1. The molecule has 3 heteroatoms. The highest BCUT2D eigenvalue weighted by Gasteiger charge is 2.03. The van der Waals surface area contributed by atoms with Crippen LogP contribution in [0.3, 0.4) is 0 Å². The Bertz CT molecular complexity index is 472. The van der Waals surface area contributed by atoms with Crippen molar-refractivity contribution >= 4 is 5.97 Å². The fraction of sp³-hybridized carbons (Fsp3) is 0.909. The van der Waals surface area contributed by atoms with Crippen LogP contribution in [0.1, 0.15) is 181 Å². The first-order chi connectivity index (χ1) is 17.7. The summed E-state index contributed by atoms with van der Waals surface area (Å²) < 4.78 is 5.24. The maximum Gasteiger partial charge on any atom is 0.333 e. The van der Waals surface area contributed by atoms with E-state index in [-0.39, 0.29) is 5.97 Å². The molecule has 0 aliphatic rings.